The fourth-order valence-corrected chi connectivity index (χ4v) is 2.62. The molecule has 0 atom stereocenters. The lowest BCUT2D eigenvalue weighted by Crippen LogP contribution is -2.19. The van der Waals surface area contributed by atoms with Crippen LogP contribution >= 0.6 is 11.3 Å². The highest BCUT2D eigenvalue weighted by Crippen LogP contribution is 2.22. The van der Waals surface area contributed by atoms with Crippen LogP contribution in [0.3, 0.4) is 0 Å². The summed E-state index contributed by atoms with van der Waals surface area (Å²) in [6, 6.07) is 16.1. The zero-order valence-electron chi connectivity index (χ0n) is 12.7. The van der Waals surface area contributed by atoms with Crippen molar-refractivity contribution < 1.29 is 9.53 Å². The van der Waals surface area contributed by atoms with Crippen molar-refractivity contribution in [2.75, 3.05) is 11.9 Å². The van der Waals surface area contributed by atoms with Crippen LogP contribution in [0.15, 0.2) is 60.1 Å². The van der Waals surface area contributed by atoms with Gasteiger partial charge in [0.25, 0.3) is 5.91 Å². The Kier molecular flexibility index (Phi) is 4.68. The van der Waals surface area contributed by atoms with Gasteiger partial charge in [-0.05, 0) is 30.2 Å². The van der Waals surface area contributed by atoms with Crippen molar-refractivity contribution in [2.45, 2.75) is 6.92 Å². The highest BCUT2D eigenvalue weighted by atomic mass is 32.1. The molecule has 0 aliphatic rings. The Morgan fingerprint density at radius 1 is 1.09 bits per heavy atom. The molecule has 2 aromatic carbocycles. The van der Waals surface area contributed by atoms with Gasteiger partial charge in [0.05, 0.1) is 0 Å². The van der Waals surface area contributed by atoms with Gasteiger partial charge in [0.2, 0.25) is 0 Å². The van der Waals surface area contributed by atoms with E-state index in [-0.39, 0.29) is 12.5 Å². The van der Waals surface area contributed by atoms with E-state index in [0.29, 0.717) is 10.9 Å². The summed E-state index contributed by atoms with van der Waals surface area (Å²) in [5.41, 5.74) is 3.51. The molecule has 0 bridgehead atoms. The number of anilines is 1. The summed E-state index contributed by atoms with van der Waals surface area (Å²) < 4.78 is 5.49. The summed E-state index contributed by atoms with van der Waals surface area (Å²) in [6.45, 7) is 2.03. The van der Waals surface area contributed by atoms with Crippen molar-refractivity contribution in [1.82, 2.24) is 4.98 Å². The largest absolute Gasteiger partial charge is 0.484 e. The number of hydrogen-bond donors (Lipinski definition) is 1. The highest BCUT2D eigenvalue weighted by Gasteiger charge is 2.05. The molecule has 3 rings (SSSR count). The van der Waals surface area contributed by atoms with Gasteiger partial charge in [-0.2, -0.15) is 0 Å². The van der Waals surface area contributed by atoms with E-state index in [9.17, 15) is 4.79 Å². The minimum Gasteiger partial charge on any atom is -0.484 e. The predicted molar refractivity (Wildman–Crippen MR) is 92.9 cm³/mol. The van der Waals surface area contributed by atoms with Gasteiger partial charge in [0.15, 0.2) is 11.7 Å². The van der Waals surface area contributed by atoms with E-state index < -0.39 is 0 Å². The Labute approximate surface area is 138 Å². The Morgan fingerprint density at radius 3 is 2.35 bits per heavy atom. The number of benzene rings is 2. The van der Waals surface area contributed by atoms with E-state index in [4.69, 9.17) is 4.74 Å². The van der Waals surface area contributed by atoms with Gasteiger partial charge in [0.1, 0.15) is 5.75 Å². The molecule has 1 amide bonds. The lowest BCUT2D eigenvalue weighted by Gasteiger charge is -2.07. The zero-order chi connectivity index (χ0) is 16.1. The van der Waals surface area contributed by atoms with E-state index in [1.165, 1.54) is 16.9 Å². The van der Waals surface area contributed by atoms with Gasteiger partial charge < -0.3 is 4.74 Å². The van der Waals surface area contributed by atoms with Crippen LogP contribution in [0.1, 0.15) is 5.56 Å². The molecular formula is C18H16N2O2S. The first-order valence-electron chi connectivity index (χ1n) is 7.20. The third-order valence-electron chi connectivity index (χ3n) is 3.29. The van der Waals surface area contributed by atoms with E-state index in [1.54, 1.807) is 11.6 Å². The number of ether oxygens (including phenoxy) is 1. The maximum absolute atomic E-state index is 11.7. The van der Waals surface area contributed by atoms with Crippen molar-refractivity contribution in [2.24, 2.45) is 0 Å². The smallest absolute Gasteiger partial charge is 0.264 e. The topological polar surface area (TPSA) is 51.2 Å². The molecular weight excluding hydrogens is 308 g/mol. The zero-order valence-corrected chi connectivity index (χ0v) is 13.5. The van der Waals surface area contributed by atoms with Gasteiger partial charge in [-0.1, -0.05) is 42.0 Å². The molecule has 0 fully saturated rings. The van der Waals surface area contributed by atoms with Crippen LogP contribution in [0.4, 0.5) is 5.13 Å². The lowest BCUT2D eigenvalue weighted by molar-refractivity contribution is -0.118. The number of rotatable bonds is 5. The van der Waals surface area contributed by atoms with Crippen LogP contribution in [-0.4, -0.2) is 17.5 Å². The van der Waals surface area contributed by atoms with Crippen molar-refractivity contribution in [1.29, 1.82) is 0 Å². The first-order valence-corrected chi connectivity index (χ1v) is 8.08. The number of aryl methyl sites for hydroxylation is 1. The third kappa shape index (κ3) is 4.17. The molecule has 1 N–H and O–H groups in total. The highest BCUT2D eigenvalue weighted by molar-refractivity contribution is 7.13. The molecule has 3 aromatic rings. The molecule has 0 aliphatic carbocycles. The van der Waals surface area contributed by atoms with Gasteiger partial charge in [-0.3, -0.25) is 10.1 Å². The van der Waals surface area contributed by atoms with Crippen molar-refractivity contribution in [3.63, 3.8) is 0 Å². The SMILES string of the molecule is Cc1ccc(-c2ccc(OCC(=O)Nc3nccs3)cc2)cc1. The molecule has 5 heteroatoms. The Hall–Kier alpha value is -2.66. The maximum Gasteiger partial charge on any atom is 0.264 e. The normalized spacial score (nSPS) is 10.3. The maximum atomic E-state index is 11.7. The fraction of sp³-hybridized carbons (Fsp3) is 0.111. The van der Waals surface area contributed by atoms with Crippen LogP contribution in [0.25, 0.3) is 11.1 Å². The average molecular weight is 324 g/mol. The number of carbonyl (C=O) groups excluding carboxylic acids is 1. The number of nitrogens with one attached hydrogen (secondary N) is 1. The second kappa shape index (κ2) is 7.07. The lowest BCUT2D eigenvalue weighted by atomic mass is 10.0. The van der Waals surface area contributed by atoms with Crippen LogP contribution in [0, 0.1) is 6.92 Å². The Morgan fingerprint density at radius 2 is 1.74 bits per heavy atom. The summed E-state index contributed by atoms with van der Waals surface area (Å²) in [5.74, 6) is 0.442. The van der Waals surface area contributed by atoms with Crippen molar-refractivity contribution in [3.8, 4) is 16.9 Å². The fourth-order valence-electron chi connectivity index (χ4n) is 2.08. The minimum absolute atomic E-state index is 0.0382. The predicted octanol–water partition coefficient (Wildman–Crippen LogP) is 4.14. The number of nitrogens with zero attached hydrogens (tertiary/aromatic N) is 1. The number of aromatic nitrogens is 1. The van der Waals surface area contributed by atoms with Crippen LogP contribution in [0.2, 0.25) is 0 Å². The quantitative estimate of drug-likeness (QED) is 0.767. The van der Waals surface area contributed by atoms with E-state index in [0.717, 1.165) is 11.1 Å². The Bertz CT molecular complexity index is 766. The number of carbonyl (C=O) groups is 1. The molecule has 4 nitrogen and oxygen atoms in total. The minimum atomic E-state index is -0.220. The molecule has 0 saturated heterocycles. The average Bonchev–Trinajstić information content (AvgIpc) is 3.07. The molecule has 1 aromatic heterocycles. The van der Waals surface area contributed by atoms with Crippen molar-refractivity contribution in [3.05, 3.63) is 65.7 Å². The number of amides is 1. The van der Waals surface area contributed by atoms with E-state index in [1.807, 2.05) is 24.3 Å². The standard InChI is InChI=1S/C18H16N2O2S/c1-13-2-4-14(5-3-13)15-6-8-16(9-7-15)22-12-17(21)20-18-19-10-11-23-18/h2-11H,12H2,1H3,(H,19,20,21). The van der Waals surface area contributed by atoms with Crippen LogP contribution < -0.4 is 10.1 Å². The van der Waals surface area contributed by atoms with Gasteiger partial charge in [-0.15, -0.1) is 11.3 Å². The summed E-state index contributed by atoms with van der Waals surface area (Å²) >= 11 is 1.37. The first-order chi connectivity index (χ1) is 11.2. The monoisotopic (exact) mass is 324 g/mol. The summed E-state index contributed by atoms with van der Waals surface area (Å²) in [6.07, 6.45) is 1.64. The van der Waals surface area contributed by atoms with Crippen LogP contribution in [-0.2, 0) is 4.79 Å². The Balaban J connectivity index is 1.57. The van der Waals surface area contributed by atoms with Gasteiger partial charge in [0, 0.05) is 11.6 Å². The molecule has 0 spiro atoms. The molecule has 23 heavy (non-hydrogen) atoms. The summed E-state index contributed by atoms with van der Waals surface area (Å²) in [7, 11) is 0. The molecule has 0 radical (unpaired) electrons. The number of thiazole rings is 1. The molecule has 0 unspecified atom stereocenters. The number of hydrogen-bond acceptors (Lipinski definition) is 4. The van der Waals surface area contributed by atoms with Crippen LogP contribution in [0.5, 0.6) is 5.75 Å². The third-order valence-corrected chi connectivity index (χ3v) is 3.98. The summed E-state index contributed by atoms with van der Waals surface area (Å²) in [4.78, 5) is 15.7. The summed E-state index contributed by atoms with van der Waals surface area (Å²) in [5, 5.41) is 5.06. The van der Waals surface area contributed by atoms with E-state index in [2.05, 4.69) is 41.5 Å². The van der Waals surface area contributed by atoms with Gasteiger partial charge in [-0.25, -0.2) is 4.98 Å². The second-order valence-corrected chi connectivity index (χ2v) is 5.96. The van der Waals surface area contributed by atoms with E-state index >= 15 is 0 Å². The van der Waals surface area contributed by atoms with Crippen molar-refractivity contribution >= 4 is 22.4 Å². The molecule has 1 heterocycles. The van der Waals surface area contributed by atoms with Gasteiger partial charge >= 0.3 is 0 Å². The molecule has 0 saturated carbocycles. The first kappa shape index (κ1) is 15.2. The molecule has 116 valence electrons. The molecule has 0 aliphatic heterocycles. The second-order valence-electron chi connectivity index (χ2n) is 5.06.